The molecule has 0 fully saturated rings. The smallest absolute Gasteiger partial charge is 0.198 e. The third-order valence-corrected chi connectivity index (χ3v) is 3.12. The first-order chi connectivity index (χ1) is 9.27. The maximum absolute atomic E-state index is 12.3. The van der Waals surface area contributed by atoms with Crippen molar-refractivity contribution in [2.75, 3.05) is 0 Å². The van der Waals surface area contributed by atoms with E-state index >= 15 is 0 Å². The molecular weight excluding hydrogens is 240 g/mol. The molecule has 0 bridgehead atoms. The molecule has 1 heterocycles. The molecule has 3 rings (SSSR count). The molecule has 3 nitrogen and oxygen atoms in total. The molecule has 0 aliphatic rings. The van der Waals surface area contributed by atoms with Crippen LogP contribution in [0.25, 0.3) is 11.0 Å². The normalized spacial score (nSPS) is 12.5. The van der Waals surface area contributed by atoms with Gasteiger partial charge in [0.25, 0.3) is 0 Å². The van der Waals surface area contributed by atoms with Gasteiger partial charge in [0.05, 0.1) is 10.9 Å². The van der Waals surface area contributed by atoms with Crippen LogP contribution in [-0.4, -0.2) is 5.11 Å². The summed E-state index contributed by atoms with van der Waals surface area (Å²) in [6.07, 6.45) is 0.365. The topological polar surface area (TPSA) is 50.4 Å². The van der Waals surface area contributed by atoms with Crippen LogP contribution in [0.15, 0.2) is 70.1 Å². The molecule has 2 aromatic carbocycles. The fourth-order valence-electron chi connectivity index (χ4n) is 2.10. The molecule has 0 spiro atoms. The molecule has 0 saturated carbocycles. The van der Waals surface area contributed by atoms with E-state index in [0.29, 0.717) is 16.5 Å². The fraction of sp³-hybridized carbons (Fsp3) is 0.0625. The Morgan fingerprint density at radius 2 is 1.63 bits per heavy atom. The Hall–Kier alpha value is -2.39. The number of fused-ring (bicyclic) bond motifs is 1. The van der Waals surface area contributed by atoms with Gasteiger partial charge in [-0.05, 0) is 17.7 Å². The van der Waals surface area contributed by atoms with E-state index < -0.39 is 6.10 Å². The zero-order chi connectivity index (χ0) is 13.2. The molecule has 0 saturated heterocycles. The third-order valence-electron chi connectivity index (χ3n) is 3.12. The van der Waals surface area contributed by atoms with Gasteiger partial charge in [-0.25, -0.2) is 0 Å². The number of aliphatic hydroxyl groups excluding tert-OH is 1. The van der Waals surface area contributed by atoms with Crippen LogP contribution in [0.1, 0.15) is 17.2 Å². The number of hydrogen-bond donors (Lipinski definition) is 1. The Kier molecular flexibility index (Phi) is 2.89. The SMILES string of the molecule is O=c1c(C(O)c2ccccc2)coc2ccccc12. The van der Waals surface area contributed by atoms with Gasteiger partial charge in [0.15, 0.2) is 5.43 Å². The molecule has 1 aromatic heterocycles. The number of aliphatic hydroxyl groups is 1. The number of benzene rings is 2. The fourth-order valence-corrected chi connectivity index (χ4v) is 2.10. The van der Waals surface area contributed by atoms with E-state index in [1.54, 1.807) is 36.4 Å². The Balaban J connectivity index is 2.16. The van der Waals surface area contributed by atoms with Crippen LogP contribution in [0.5, 0.6) is 0 Å². The molecule has 3 aromatic rings. The van der Waals surface area contributed by atoms with Gasteiger partial charge in [-0.3, -0.25) is 4.79 Å². The van der Waals surface area contributed by atoms with Crippen LogP contribution in [0, 0.1) is 0 Å². The van der Waals surface area contributed by atoms with Gasteiger partial charge in [0.2, 0.25) is 0 Å². The lowest BCUT2D eigenvalue weighted by Crippen LogP contribution is -2.14. The Bertz CT molecular complexity index is 760. The summed E-state index contributed by atoms with van der Waals surface area (Å²) in [5, 5.41) is 10.8. The van der Waals surface area contributed by atoms with Crippen molar-refractivity contribution >= 4 is 11.0 Å². The van der Waals surface area contributed by atoms with E-state index in [9.17, 15) is 9.90 Å². The van der Waals surface area contributed by atoms with Crippen molar-refractivity contribution in [3.63, 3.8) is 0 Å². The highest BCUT2D eigenvalue weighted by atomic mass is 16.3. The van der Waals surface area contributed by atoms with Crippen molar-refractivity contribution in [1.29, 1.82) is 0 Å². The molecule has 19 heavy (non-hydrogen) atoms. The molecular formula is C16H12O3. The minimum absolute atomic E-state index is 0.196. The van der Waals surface area contributed by atoms with Crippen molar-refractivity contribution in [3.05, 3.63) is 82.2 Å². The average molecular weight is 252 g/mol. The minimum Gasteiger partial charge on any atom is -0.464 e. The van der Waals surface area contributed by atoms with E-state index in [2.05, 4.69) is 0 Å². The number of para-hydroxylation sites is 1. The second kappa shape index (κ2) is 4.71. The lowest BCUT2D eigenvalue weighted by atomic mass is 10.0. The van der Waals surface area contributed by atoms with Gasteiger partial charge >= 0.3 is 0 Å². The van der Waals surface area contributed by atoms with Crippen molar-refractivity contribution in [1.82, 2.24) is 0 Å². The Morgan fingerprint density at radius 1 is 0.947 bits per heavy atom. The predicted molar refractivity (Wildman–Crippen MR) is 73.0 cm³/mol. The molecule has 3 heteroatoms. The monoisotopic (exact) mass is 252 g/mol. The van der Waals surface area contributed by atoms with Gasteiger partial charge in [0, 0.05) is 0 Å². The zero-order valence-corrected chi connectivity index (χ0v) is 10.1. The molecule has 1 N–H and O–H groups in total. The molecule has 0 aliphatic heterocycles. The molecule has 0 aliphatic carbocycles. The molecule has 1 unspecified atom stereocenters. The number of hydrogen-bond acceptors (Lipinski definition) is 3. The van der Waals surface area contributed by atoms with Gasteiger partial charge < -0.3 is 9.52 Å². The second-order valence-corrected chi connectivity index (χ2v) is 4.33. The van der Waals surface area contributed by atoms with Crippen molar-refractivity contribution < 1.29 is 9.52 Å². The summed E-state index contributed by atoms with van der Waals surface area (Å²) < 4.78 is 5.41. The van der Waals surface area contributed by atoms with Gasteiger partial charge in [-0.15, -0.1) is 0 Å². The quantitative estimate of drug-likeness (QED) is 0.763. The van der Waals surface area contributed by atoms with E-state index in [-0.39, 0.29) is 11.0 Å². The van der Waals surface area contributed by atoms with Crippen LogP contribution in [0.2, 0.25) is 0 Å². The standard InChI is InChI=1S/C16H12O3/c17-15(11-6-2-1-3-7-11)13-10-19-14-9-5-4-8-12(14)16(13)18/h1-10,15,17H. The highest BCUT2D eigenvalue weighted by Gasteiger charge is 2.16. The predicted octanol–water partition coefficient (Wildman–Crippen LogP) is 2.87. The minimum atomic E-state index is -0.970. The number of rotatable bonds is 2. The first-order valence-electron chi connectivity index (χ1n) is 6.01. The zero-order valence-electron chi connectivity index (χ0n) is 10.1. The summed E-state index contributed by atoms with van der Waals surface area (Å²) in [5.74, 6) is 0. The summed E-state index contributed by atoms with van der Waals surface area (Å²) in [7, 11) is 0. The van der Waals surface area contributed by atoms with E-state index in [1.165, 1.54) is 6.26 Å². The van der Waals surface area contributed by atoms with Crippen LogP contribution in [-0.2, 0) is 0 Å². The van der Waals surface area contributed by atoms with Crippen molar-refractivity contribution in [2.45, 2.75) is 6.10 Å². The van der Waals surface area contributed by atoms with Crippen molar-refractivity contribution in [3.8, 4) is 0 Å². The van der Waals surface area contributed by atoms with Gasteiger partial charge in [0.1, 0.15) is 18.0 Å². The summed E-state index contributed by atoms with van der Waals surface area (Å²) in [6, 6.07) is 16.1. The summed E-state index contributed by atoms with van der Waals surface area (Å²) >= 11 is 0. The maximum atomic E-state index is 12.3. The Labute approximate surface area is 109 Å². The van der Waals surface area contributed by atoms with E-state index in [0.717, 1.165) is 0 Å². The second-order valence-electron chi connectivity index (χ2n) is 4.33. The van der Waals surface area contributed by atoms with Gasteiger partial charge in [-0.1, -0.05) is 42.5 Å². The molecule has 1 atom stereocenters. The highest BCUT2D eigenvalue weighted by Crippen LogP contribution is 2.21. The molecule has 0 amide bonds. The Morgan fingerprint density at radius 3 is 2.42 bits per heavy atom. The average Bonchev–Trinajstić information content (AvgIpc) is 2.48. The first-order valence-corrected chi connectivity index (χ1v) is 6.01. The maximum Gasteiger partial charge on any atom is 0.198 e. The molecule has 0 radical (unpaired) electrons. The first kappa shape index (κ1) is 11.7. The lowest BCUT2D eigenvalue weighted by Gasteiger charge is -2.10. The summed E-state index contributed by atoms with van der Waals surface area (Å²) in [5.41, 5.74) is 1.25. The molecule has 94 valence electrons. The summed E-state index contributed by atoms with van der Waals surface area (Å²) in [6.45, 7) is 0. The van der Waals surface area contributed by atoms with Gasteiger partial charge in [-0.2, -0.15) is 0 Å². The lowest BCUT2D eigenvalue weighted by molar-refractivity contribution is 0.216. The highest BCUT2D eigenvalue weighted by molar-refractivity contribution is 5.76. The van der Waals surface area contributed by atoms with Crippen molar-refractivity contribution in [2.24, 2.45) is 0 Å². The van der Waals surface area contributed by atoms with Crippen LogP contribution < -0.4 is 5.43 Å². The van der Waals surface area contributed by atoms with E-state index in [4.69, 9.17) is 4.42 Å². The third kappa shape index (κ3) is 2.04. The van der Waals surface area contributed by atoms with E-state index in [1.807, 2.05) is 18.2 Å². The largest absolute Gasteiger partial charge is 0.464 e. The van der Waals surface area contributed by atoms with Crippen LogP contribution in [0.4, 0.5) is 0 Å². The summed E-state index contributed by atoms with van der Waals surface area (Å²) in [4.78, 5) is 12.3. The van der Waals surface area contributed by atoms with Crippen LogP contribution in [0.3, 0.4) is 0 Å². The van der Waals surface area contributed by atoms with Crippen LogP contribution >= 0.6 is 0 Å².